The summed E-state index contributed by atoms with van der Waals surface area (Å²) < 4.78 is 10.8. The molecule has 0 aromatic rings. The van der Waals surface area contributed by atoms with Crippen molar-refractivity contribution in [1.29, 1.82) is 5.26 Å². The average Bonchev–Trinajstić information content (AvgIpc) is 3.06. The van der Waals surface area contributed by atoms with Gasteiger partial charge in [-0.1, -0.05) is 13.8 Å². The number of nitrogens with zero attached hydrogens (tertiary/aromatic N) is 1. The predicted molar refractivity (Wildman–Crippen MR) is 61.7 cm³/mol. The van der Waals surface area contributed by atoms with Gasteiger partial charge in [-0.05, 0) is 24.7 Å². The highest BCUT2D eigenvalue weighted by Gasteiger charge is 2.42. The Morgan fingerprint density at radius 3 is 2.50 bits per heavy atom. The van der Waals surface area contributed by atoms with Crippen molar-refractivity contribution in [3.63, 3.8) is 0 Å². The quantitative estimate of drug-likeness (QED) is 0.633. The van der Waals surface area contributed by atoms with Gasteiger partial charge in [0.2, 0.25) is 0 Å². The molecule has 0 amide bonds. The molecule has 0 radical (unpaired) electrons. The molecule has 1 rings (SSSR count). The van der Waals surface area contributed by atoms with Gasteiger partial charge >= 0.3 is 0 Å². The fourth-order valence-corrected chi connectivity index (χ4v) is 1.52. The van der Waals surface area contributed by atoms with E-state index in [2.05, 4.69) is 19.9 Å². The minimum absolute atomic E-state index is 0.319. The first-order chi connectivity index (χ1) is 7.58. The van der Waals surface area contributed by atoms with E-state index in [-0.39, 0.29) is 0 Å². The van der Waals surface area contributed by atoms with Crippen LogP contribution in [0.2, 0.25) is 0 Å². The van der Waals surface area contributed by atoms with Crippen LogP contribution in [-0.4, -0.2) is 32.0 Å². The molecule has 0 aromatic heterocycles. The van der Waals surface area contributed by atoms with Gasteiger partial charge in [0.25, 0.3) is 0 Å². The molecule has 0 heterocycles. The largest absolute Gasteiger partial charge is 0.379 e. The summed E-state index contributed by atoms with van der Waals surface area (Å²) in [6.45, 7) is 6.37. The molecule has 92 valence electrons. The molecular formula is C12H22N2O2. The van der Waals surface area contributed by atoms with E-state index in [0.717, 1.165) is 19.4 Å². The Labute approximate surface area is 97.7 Å². The Morgan fingerprint density at radius 2 is 2.00 bits per heavy atom. The molecule has 0 bridgehead atoms. The third-order valence-electron chi connectivity index (χ3n) is 2.68. The molecule has 0 spiro atoms. The molecule has 4 heteroatoms. The monoisotopic (exact) mass is 226 g/mol. The molecule has 0 aromatic carbocycles. The van der Waals surface area contributed by atoms with E-state index in [4.69, 9.17) is 20.5 Å². The van der Waals surface area contributed by atoms with E-state index >= 15 is 0 Å². The van der Waals surface area contributed by atoms with Crippen LogP contribution in [0.3, 0.4) is 0 Å². The molecule has 1 atom stereocenters. The zero-order valence-corrected chi connectivity index (χ0v) is 10.2. The van der Waals surface area contributed by atoms with Crippen LogP contribution < -0.4 is 5.73 Å². The van der Waals surface area contributed by atoms with Crippen LogP contribution in [0.4, 0.5) is 0 Å². The lowest BCUT2D eigenvalue weighted by Gasteiger charge is -2.20. The van der Waals surface area contributed by atoms with E-state index in [1.54, 1.807) is 0 Å². The fraction of sp³-hybridized carbons (Fsp3) is 0.917. The second-order valence-electron chi connectivity index (χ2n) is 4.95. The van der Waals surface area contributed by atoms with Gasteiger partial charge < -0.3 is 15.2 Å². The molecule has 1 unspecified atom stereocenters. The molecule has 0 saturated heterocycles. The van der Waals surface area contributed by atoms with Crippen LogP contribution in [-0.2, 0) is 9.47 Å². The Hall–Kier alpha value is -0.630. The summed E-state index contributed by atoms with van der Waals surface area (Å²) in [6, 6.07) is 2.16. The van der Waals surface area contributed by atoms with Crippen molar-refractivity contribution >= 4 is 0 Å². The standard InChI is InChI=1S/C12H22N2O2/c1-10(2)7-15-5-6-16-9-12(14,8-13)11-3-4-11/h10-11H,3-7,9,14H2,1-2H3. The fourth-order valence-electron chi connectivity index (χ4n) is 1.52. The third kappa shape index (κ3) is 4.48. The van der Waals surface area contributed by atoms with E-state index in [9.17, 15) is 0 Å². The van der Waals surface area contributed by atoms with Crippen LogP contribution in [0.1, 0.15) is 26.7 Å². The van der Waals surface area contributed by atoms with E-state index in [0.29, 0.717) is 31.7 Å². The van der Waals surface area contributed by atoms with Gasteiger partial charge in [-0.15, -0.1) is 0 Å². The van der Waals surface area contributed by atoms with Gasteiger partial charge in [-0.2, -0.15) is 5.26 Å². The molecule has 16 heavy (non-hydrogen) atoms. The molecule has 4 nitrogen and oxygen atoms in total. The van der Waals surface area contributed by atoms with Crippen molar-refractivity contribution in [3.05, 3.63) is 0 Å². The zero-order valence-electron chi connectivity index (χ0n) is 10.2. The van der Waals surface area contributed by atoms with Crippen LogP contribution in [0.25, 0.3) is 0 Å². The Kier molecular flexibility index (Phi) is 5.20. The highest BCUT2D eigenvalue weighted by molar-refractivity contribution is 5.13. The summed E-state index contributed by atoms with van der Waals surface area (Å²) in [7, 11) is 0. The lowest BCUT2D eigenvalue weighted by Crippen LogP contribution is -2.45. The smallest absolute Gasteiger partial charge is 0.130 e. The maximum Gasteiger partial charge on any atom is 0.130 e. The summed E-state index contributed by atoms with van der Waals surface area (Å²) in [5.74, 6) is 0.869. The zero-order chi connectivity index (χ0) is 12.0. The second kappa shape index (κ2) is 6.19. The van der Waals surface area contributed by atoms with Crippen molar-refractivity contribution in [1.82, 2.24) is 0 Å². The van der Waals surface area contributed by atoms with Gasteiger partial charge in [0.15, 0.2) is 0 Å². The first-order valence-corrected chi connectivity index (χ1v) is 5.94. The molecule has 1 saturated carbocycles. The number of hydrogen-bond acceptors (Lipinski definition) is 4. The SMILES string of the molecule is CC(C)COCCOCC(N)(C#N)C1CC1. The summed E-state index contributed by atoms with van der Waals surface area (Å²) in [5.41, 5.74) is 5.16. The molecule has 1 fully saturated rings. The first-order valence-electron chi connectivity index (χ1n) is 5.94. The van der Waals surface area contributed by atoms with Gasteiger partial charge in [0.05, 0.1) is 25.9 Å². The maximum absolute atomic E-state index is 8.98. The minimum atomic E-state index is -0.780. The molecule has 0 aliphatic heterocycles. The van der Waals surface area contributed by atoms with Gasteiger partial charge in [-0.3, -0.25) is 0 Å². The van der Waals surface area contributed by atoms with Gasteiger partial charge in [0, 0.05) is 6.61 Å². The van der Waals surface area contributed by atoms with Crippen molar-refractivity contribution in [2.24, 2.45) is 17.6 Å². The lowest BCUT2D eigenvalue weighted by atomic mass is 9.98. The summed E-state index contributed by atoms with van der Waals surface area (Å²) >= 11 is 0. The van der Waals surface area contributed by atoms with Crippen molar-refractivity contribution in [2.45, 2.75) is 32.2 Å². The van der Waals surface area contributed by atoms with Crippen LogP contribution >= 0.6 is 0 Å². The topological polar surface area (TPSA) is 68.3 Å². The van der Waals surface area contributed by atoms with Crippen LogP contribution in [0.15, 0.2) is 0 Å². The number of nitrogens with two attached hydrogens (primary N) is 1. The van der Waals surface area contributed by atoms with Crippen LogP contribution in [0.5, 0.6) is 0 Å². The normalized spacial score (nSPS) is 19.4. The molecule has 1 aliphatic carbocycles. The van der Waals surface area contributed by atoms with Crippen molar-refractivity contribution in [2.75, 3.05) is 26.4 Å². The Balaban J connectivity index is 2.04. The van der Waals surface area contributed by atoms with Gasteiger partial charge in [-0.25, -0.2) is 0 Å². The maximum atomic E-state index is 8.98. The molecule has 2 N–H and O–H groups in total. The first kappa shape index (κ1) is 13.4. The van der Waals surface area contributed by atoms with Crippen LogP contribution in [0, 0.1) is 23.2 Å². The van der Waals surface area contributed by atoms with Crippen molar-refractivity contribution in [3.8, 4) is 6.07 Å². The van der Waals surface area contributed by atoms with E-state index in [1.165, 1.54) is 0 Å². The molecular weight excluding hydrogens is 204 g/mol. The Bertz CT molecular complexity index is 246. The number of nitriles is 1. The minimum Gasteiger partial charge on any atom is -0.379 e. The average molecular weight is 226 g/mol. The Morgan fingerprint density at radius 1 is 1.38 bits per heavy atom. The summed E-state index contributed by atoms with van der Waals surface area (Å²) in [6.07, 6.45) is 2.11. The van der Waals surface area contributed by atoms with E-state index < -0.39 is 5.54 Å². The van der Waals surface area contributed by atoms with E-state index in [1.807, 2.05) is 0 Å². The number of hydrogen-bond donors (Lipinski definition) is 1. The second-order valence-corrected chi connectivity index (χ2v) is 4.95. The summed E-state index contributed by atoms with van der Waals surface area (Å²) in [4.78, 5) is 0. The summed E-state index contributed by atoms with van der Waals surface area (Å²) in [5, 5.41) is 8.98. The van der Waals surface area contributed by atoms with Crippen molar-refractivity contribution < 1.29 is 9.47 Å². The molecule has 1 aliphatic rings. The lowest BCUT2D eigenvalue weighted by molar-refractivity contribution is 0.0243. The predicted octanol–water partition coefficient (Wildman–Crippen LogP) is 1.31. The third-order valence-corrected chi connectivity index (χ3v) is 2.68. The number of ether oxygens (including phenoxy) is 2. The van der Waals surface area contributed by atoms with Gasteiger partial charge in [0.1, 0.15) is 5.54 Å². The highest BCUT2D eigenvalue weighted by Crippen LogP contribution is 2.38. The number of rotatable bonds is 8. The highest BCUT2D eigenvalue weighted by atomic mass is 16.5.